The van der Waals surface area contributed by atoms with E-state index in [0.717, 1.165) is 42.6 Å². The summed E-state index contributed by atoms with van der Waals surface area (Å²) in [6, 6.07) is 6.05. The van der Waals surface area contributed by atoms with Gasteiger partial charge in [-0.05, 0) is 55.2 Å². The number of hydrogen-bond donors (Lipinski definition) is 1. The topological polar surface area (TPSA) is 59.0 Å². The number of aliphatic hydroxyl groups excluding tert-OH is 1. The minimum atomic E-state index is -0.426. The van der Waals surface area contributed by atoms with Crippen LogP contribution in [0.3, 0.4) is 0 Å². The van der Waals surface area contributed by atoms with Gasteiger partial charge in [0, 0.05) is 24.6 Å². The number of hydrogen-bond acceptors (Lipinski definition) is 4. The predicted molar refractivity (Wildman–Crippen MR) is 116 cm³/mol. The van der Waals surface area contributed by atoms with E-state index in [2.05, 4.69) is 19.9 Å². The van der Waals surface area contributed by atoms with Crippen molar-refractivity contribution >= 4 is 5.91 Å². The maximum Gasteiger partial charge on any atom is 0.226 e. The Labute approximate surface area is 180 Å². The maximum atomic E-state index is 13.3. The van der Waals surface area contributed by atoms with Crippen LogP contribution in [0.4, 0.5) is 0 Å². The second-order valence-corrected chi connectivity index (χ2v) is 9.69. The summed E-state index contributed by atoms with van der Waals surface area (Å²) < 4.78 is 11.8. The van der Waals surface area contributed by atoms with Crippen molar-refractivity contribution < 1.29 is 19.4 Å². The summed E-state index contributed by atoms with van der Waals surface area (Å²) in [6.07, 6.45) is 7.24. The fourth-order valence-electron chi connectivity index (χ4n) is 5.28. The second kappa shape index (κ2) is 9.69. The summed E-state index contributed by atoms with van der Waals surface area (Å²) >= 11 is 0. The first-order chi connectivity index (χ1) is 14.5. The van der Waals surface area contributed by atoms with Crippen LogP contribution in [0.15, 0.2) is 18.2 Å². The lowest BCUT2D eigenvalue weighted by Gasteiger charge is -2.34. The Kier molecular flexibility index (Phi) is 6.99. The van der Waals surface area contributed by atoms with Gasteiger partial charge in [-0.1, -0.05) is 39.2 Å². The molecule has 1 aliphatic carbocycles. The van der Waals surface area contributed by atoms with Gasteiger partial charge in [0.25, 0.3) is 0 Å². The normalized spacial score (nSPS) is 26.6. The molecular weight excluding hydrogens is 378 g/mol. The molecule has 3 atom stereocenters. The van der Waals surface area contributed by atoms with Gasteiger partial charge in [0.05, 0.1) is 18.8 Å². The van der Waals surface area contributed by atoms with E-state index in [1.54, 1.807) is 0 Å². The number of amides is 1. The Morgan fingerprint density at radius 1 is 1.13 bits per heavy atom. The molecule has 166 valence electrons. The molecule has 2 fully saturated rings. The van der Waals surface area contributed by atoms with Gasteiger partial charge in [-0.25, -0.2) is 0 Å². The molecule has 0 bridgehead atoms. The van der Waals surface area contributed by atoms with Crippen LogP contribution in [-0.4, -0.2) is 41.8 Å². The van der Waals surface area contributed by atoms with E-state index < -0.39 is 6.10 Å². The molecule has 1 aromatic carbocycles. The molecule has 5 nitrogen and oxygen atoms in total. The number of carbonyl (C=O) groups excluding carboxylic acids is 1. The van der Waals surface area contributed by atoms with Crippen LogP contribution in [0.1, 0.15) is 76.0 Å². The summed E-state index contributed by atoms with van der Waals surface area (Å²) in [5, 5.41) is 10.9. The Bertz CT molecular complexity index is 728. The van der Waals surface area contributed by atoms with Crippen molar-refractivity contribution in [1.82, 2.24) is 4.90 Å². The average molecular weight is 416 g/mol. The van der Waals surface area contributed by atoms with E-state index >= 15 is 0 Å². The predicted octanol–water partition coefficient (Wildman–Crippen LogP) is 4.47. The molecule has 3 aliphatic rings. The number of ether oxygens (including phenoxy) is 2. The monoisotopic (exact) mass is 415 g/mol. The van der Waals surface area contributed by atoms with Gasteiger partial charge in [-0.2, -0.15) is 0 Å². The van der Waals surface area contributed by atoms with Crippen molar-refractivity contribution in [3.63, 3.8) is 0 Å². The van der Waals surface area contributed by atoms with Crippen molar-refractivity contribution in [2.75, 3.05) is 19.8 Å². The van der Waals surface area contributed by atoms with Gasteiger partial charge in [0.15, 0.2) is 0 Å². The quantitative estimate of drug-likeness (QED) is 0.788. The smallest absolute Gasteiger partial charge is 0.226 e. The summed E-state index contributed by atoms with van der Waals surface area (Å²) in [7, 11) is 0. The number of aliphatic hydroxyl groups is 1. The highest BCUT2D eigenvalue weighted by Crippen LogP contribution is 2.36. The Hall–Kier alpha value is -1.59. The van der Waals surface area contributed by atoms with Crippen LogP contribution in [0, 0.1) is 17.8 Å². The third kappa shape index (κ3) is 4.83. The lowest BCUT2D eigenvalue weighted by molar-refractivity contribution is -0.142. The van der Waals surface area contributed by atoms with E-state index in [4.69, 9.17) is 9.47 Å². The molecule has 0 spiro atoms. The number of nitrogens with zero attached hydrogens (tertiary/aromatic N) is 1. The molecule has 0 aromatic heterocycles. The van der Waals surface area contributed by atoms with Crippen LogP contribution >= 0.6 is 0 Å². The SMILES string of the molecule is CC(C)[C@@H]1C[C@@H](C(=O)N2CCOc3ccc([C@@H](O)C4CCCCC4)cc3C2)CCO1. The van der Waals surface area contributed by atoms with Gasteiger partial charge in [-0.15, -0.1) is 0 Å². The average Bonchev–Trinajstić information content (AvgIpc) is 3.00. The van der Waals surface area contributed by atoms with Crippen molar-refractivity contribution in [2.45, 2.75) is 77.5 Å². The van der Waals surface area contributed by atoms with Crippen molar-refractivity contribution in [1.29, 1.82) is 0 Å². The van der Waals surface area contributed by atoms with Crippen LogP contribution in [0.2, 0.25) is 0 Å². The van der Waals surface area contributed by atoms with Crippen LogP contribution in [-0.2, 0) is 16.1 Å². The third-order valence-corrected chi connectivity index (χ3v) is 7.22. The molecule has 1 amide bonds. The number of rotatable bonds is 4. The van der Waals surface area contributed by atoms with E-state index in [-0.39, 0.29) is 17.9 Å². The number of fused-ring (bicyclic) bond motifs is 1. The molecule has 1 aromatic rings. The molecule has 1 saturated carbocycles. The largest absolute Gasteiger partial charge is 0.491 e. The second-order valence-electron chi connectivity index (χ2n) is 9.69. The summed E-state index contributed by atoms with van der Waals surface area (Å²) in [5.74, 6) is 1.87. The summed E-state index contributed by atoms with van der Waals surface area (Å²) in [5.41, 5.74) is 1.98. The van der Waals surface area contributed by atoms with E-state index in [0.29, 0.717) is 38.1 Å². The van der Waals surface area contributed by atoms with Crippen LogP contribution in [0.25, 0.3) is 0 Å². The molecule has 0 unspecified atom stereocenters. The maximum absolute atomic E-state index is 13.3. The van der Waals surface area contributed by atoms with E-state index in [1.165, 1.54) is 19.3 Å². The molecule has 0 radical (unpaired) electrons. The summed E-state index contributed by atoms with van der Waals surface area (Å²) in [4.78, 5) is 15.3. The highest BCUT2D eigenvalue weighted by molar-refractivity contribution is 5.79. The fraction of sp³-hybridized carbons (Fsp3) is 0.720. The van der Waals surface area contributed by atoms with Gasteiger partial charge in [-0.3, -0.25) is 4.79 Å². The zero-order chi connectivity index (χ0) is 21.1. The first kappa shape index (κ1) is 21.6. The molecule has 30 heavy (non-hydrogen) atoms. The van der Waals surface area contributed by atoms with Crippen LogP contribution in [0.5, 0.6) is 5.75 Å². The Balaban J connectivity index is 1.47. The van der Waals surface area contributed by atoms with Crippen molar-refractivity contribution in [3.8, 4) is 5.75 Å². The van der Waals surface area contributed by atoms with Gasteiger partial charge < -0.3 is 19.5 Å². The third-order valence-electron chi connectivity index (χ3n) is 7.22. The van der Waals surface area contributed by atoms with Crippen molar-refractivity contribution in [3.05, 3.63) is 29.3 Å². The molecule has 1 N–H and O–H groups in total. The molecule has 1 saturated heterocycles. The van der Waals surface area contributed by atoms with E-state index in [9.17, 15) is 9.90 Å². The first-order valence-corrected chi connectivity index (χ1v) is 11.9. The zero-order valence-electron chi connectivity index (χ0n) is 18.5. The zero-order valence-corrected chi connectivity index (χ0v) is 18.5. The molecule has 2 heterocycles. The lowest BCUT2D eigenvalue weighted by atomic mass is 9.82. The highest BCUT2D eigenvalue weighted by atomic mass is 16.5. The number of carbonyl (C=O) groups is 1. The molecular formula is C25H37NO4. The molecule has 2 aliphatic heterocycles. The van der Waals surface area contributed by atoms with Gasteiger partial charge >= 0.3 is 0 Å². The lowest BCUT2D eigenvalue weighted by Crippen LogP contribution is -2.42. The fourth-order valence-corrected chi connectivity index (χ4v) is 5.28. The minimum Gasteiger partial charge on any atom is -0.491 e. The highest BCUT2D eigenvalue weighted by Gasteiger charge is 2.33. The molecule has 5 heteroatoms. The Morgan fingerprint density at radius 2 is 1.93 bits per heavy atom. The standard InChI is InChI=1S/C25H37NO4/c1-17(2)23-15-20(10-12-29-23)25(28)26-11-13-30-22-9-8-19(14-21(22)16-26)24(27)18-6-4-3-5-7-18/h8-9,14,17-18,20,23-24,27H,3-7,10-13,15-16H2,1-2H3/t20-,23-,24-/m0/s1. The van der Waals surface area contributed by atoms with Gasteiger partial charge in [0.1, 0.15) is 12.4 Å². The van der Waals surface area contributed by atoms with E-state index in [1.807, 2.05) is 17.0 Å². The van der Waals surface area contributed by atoms with Gasteiger partial charge in [0.2, 0.25) is 5.91 Å². The Morgan fingerprint density at radius 3 is 2.70 bits per heavy atom. The summed E-state index contributed by atoms with van der Waals surface area (Å²) in [6.45, 7) is 6.66. The van der Waals surface area contributed by atoms with Crippen LogP contribution < -0.4 is 4.74 Å². The molecule has 4 rings (SSSR count). The number of benzene rings is 1. The van der Waals surface area contributed by atoms with Crippen molar-refractivity contribution in [2.24, 2.45) is 17.8 Å². The first-order valence-electron chi connectivity index (χ1n) is 11.9. The minimum absolute atomic E-state index is 0.0312.